The second-order valence-electron chi connectivity index (χ2n) is 9.27. The predicted octanol–water partition coefficient (Wildman–Crippen LogP) is 6.12. The average molecular weight is 501 g/mol. The molecule has 0 saturated carbocycles. The van der Waals surface area contributed by atoms with E-state index in [2.05, 4.69) is 4.90 Å². The molecule has 0 spiro atoms. The maximum absolute atomic E-state index is 13.4. The van der Waals surface area contributed by atoms with Crippen LogP contribution in [0.4, 0.5) is 0 Å². The Labute approximate surface area is 214 Å². The van der Waals surface area contributed by atoms with E-state index in [4.69, 9.17) is 25.8 Å². The van der Waals surface area contributed by atoms with Crippen molar-refractivity contribution in [2.75, 3.05) is 13.8 Å². The molecule has 0 amide bonds. The summed E-state index contributed by atoms with van der Waals surface area (Å²) in [7, 11) is 3.62. The van der Waals surface area contributed by atoms with Gasteiger partial charge in [0.15, 0.2) is 5.76 Å². The van der Waals surface area contributed by atoms with Gasteiger partial charge in [-0.1, -0.05) is 23.7 Å². The summed E-state index contributed by atoms with van der Waals surface area (Å²) in [6.07, 6.45) is 3.81. The second-order valence-corrected chi connectivity index (χ2v) is 9.71. The number of ketones is 1. The van der Waals surface area contributed by atoms with Crippen LogP contribution in [0.3, 0.4) is 0 Å². The third-order valence-corrected chi connectivity index (χ3v) is 7.09. The molecule has 3 heterocycles. The molecule has 0 saturated heterocycles. The summed E-state index contributed by atoms with van der Waals surface area (Å²) in [5, 5.41) is 1.71. The molecule has 2 aliphatic rings. The van der Waals surface area contributed by atoms with E-state index < -0.39 is 0 Å². The highest BCUT2D eigenvalue weighted by Crippen LogP contribution is 2.43. The van der Waals surface area contributed by atoms with Gasteiger partial charge in [0.25, 0.3) is 0 Å². The standard InChI is InChI=1S/C29H25ClN2O4/c1-17-28-20(15-32(16-35-28)13-18-4-6-21(30)7-5-18)10-24-27(33)26(36-29(17)24)11-19-14-31(2)25-9-8-22(34-3)12-23(19)25/h4-12,14H,13,15-16H2,1-3H3/b26-11-. The number of halogens is 1. The monoisotopic (exact) mass is 500 g/mol. The summed E-state index contributed by atoms with van der Waals surface area (Å²) in [5.41, 5.74) is 5.51. The highest BCUT2D eigenvalue weighted by Gasteiger charge is 2.33. The Kier molecular flexibility index (Phi) is 5.51. The van der Waals surface area contributed by atoms with Gasteiger partial charge in [-0.2, -0.15) is 0 Å². The molecule has 7 heteroatoms. The molecule has 182 valence electrons. The maximum atomic E-state index is 13.4. The van der Waals surface area contributed by atoms with Gasteiger partial charge in [0.05, 0.1) is 12.7 Å². The van der Waals surface area contributed by atoms with Crippen LogP contribution in [0.25, 0.3) is 17.0 Å². The Morgan fingerprint density at radius 3 is 2.69 bits per heavy atom. The molecular formula is C29H25ClN2O4. The summed E-state index contributed by atoms with van der Waals surface area (Å²) in [6, 6.07) is 15.6. The highest BCUT2D eigenvalue weighted by atomic mass is 35.5. The third-order valence-electron chi connectivity index (χ3n) is 6.84. The zero-order chi connectivity index (χ0) is 25.0. The number of fused-ring (bicyclic) bond motifs is 3. The largest absolute Gasteiger partial charge is 0.497 e. The number of hydrogen-bond donors (Lipinski definition) is 0. The first-order valence-corrected chi connectivity index (χ1v) is 12.1. The molecule has 3 aromatic carbocycles. The summed E-state index contributed by atoms with van der Waals surface area (Å²) < 4.78 is 19.7. The van der Waals surface area contributed by atoms with E-state index in [0.717, 1.165) is 56.2 Å². The molecule has 6 nitrogen and oxygen atoms in total. The van der Waals surface area contributed by atoms with E-state index in [1.807, 2.05) is 79.3 Å². The molecule has 4 aromatic rings. The first-order valence-electron chi connectivity index (χ1n) is 11.7. The number of nitrogens with zero attached hydrogens (tertiary/aromatic N) is 2. The smallest absolute Gasteiger partial charge is 0.231 e. The molecule has 6 rings (SSSR count). The fourth-order valence-electron chi connectivity index (χ4n) is 5.03. The Hall–Kier alpha value is -3.74. The van der Waals surface area contributed by atoms with Crippen LogP contribution >= 0.6 is 11.6 Å². The van der Waals surface area contributed by atoms with Crippen molar-refractivity contribution in [1.82, 2.24) is 9.47 Å². The first kappa shape index (κ1) is 22.7. The van der Waals surface area contributed by atoms with Gasteiger partial charge >= 0.3 is 0 Å². The van der Waals surface area contributed by atoms with E-state index in [0.29, 0.717) is 30.3 Å². The van der Waals surface area contributed by atoms with Crippen molar-refractivity contribution in [2.24, 2.45) is 7.05 Å². The van der Waals surface area contributed by atoms with E-state index in [-0.39, 0.29) is 5.78 Å². The van der Waals surface area contributed by atoms with E-state index in [1.165, 1.54) is 0 Å². The van der Waals surface area contributed by atoms with Gasteiger partial charge in [-0.15, -0.1) is 0 Å². The topological polar surface area (TPSA) is 52.9 Å². The van der Waals surface area contributed by atoms with Crippen LogP contribution in [-0.2, 0) is 20.1 Å². The SMILES string of the molecule is COc1ccc2c(c1)c(/C=C1\Oc3c(cc4c(c3C)OCN(Cc3ccc(Cl)cc3)C4)C1=O)cn2C. The Balaban J connectivity index is 1.31. The Morgan fingerprint density at radius 1 is 1.11 bits per heavy atom. The van der Waals surface area contributed by atoms with Crippen LogP contribution in [0, 0.1) is 6.92 Å². The lowest BCUT2D eigenvalue weighted by Crippen LogP contribution is -2.32. The second kappa shape index (κ2) is 8.73. The molecular weight excluding hydrogens is 476 g/mol. The average Bonchev–Trinajstić information content (AvgIpc) is 3.36. The van der Waals surface area contributed by atoms with Gasteiger partial charge in [0.1, 0.15) is 24.0 Å². The number of carbonyl (C=O) groups is 1. The van der Waals surface area contributed by atoms with Crippen LogP contribution in [0.15, 0.2) is 60.5 Å². The number of allylic oxidation sites excluding steroid dienone is 1. The van der Waals surface area contributed by atoms with Crippen molar-refractivity contribution in [3.05, 3.63) is 93.3 Å². The molecule has 36 heavy (non-hydrogen) atoms. The van der Waals surface area contributed by atoms with Crippen LogP contribution in [0.2, 0.25) is 5.02 Å². The third kappa shape index (κ3) is 3.83. The minimum absolute atomic E-state index is 0.120. The first-order chi connectivity index (χ1) is 17.4. The van der Waals surface area contributed by atoms with Crippen molar-refractivity contribution >= 4 is 34.4 Å². The van der Waals surface area contributed by atoms with Crippen molar-refractivity contribution in [1.29, 1.82) is 0 Å². The van der Waals surface area contributed by atoms with Crippen LogP contribution in [0.1, 0.15) is 32.6 Å². The molecule has 0 fully saturated rings. The number of carbonyl (C=O) groups excluding carboxylic acids is 1. The van der Waals surface area contributed by atoms with Crippen molar-refractivity contribution in [3.63, 3.8) is 0 Å². The van der Waals surface area contributed by atoms with Crippen LogP contribution < -0.4 is 14.2 Å². The molecule has 1 aromatic heterocycles. The summed E-state index contributed by atoms with van der Waals surface area (Å²) in [6.45, 7) is 3.82. The minimum Gasteiger partial charge on any atom is -0.497 e. The maximum Gasteiger partial charge on any atom is 0.231 e. The van der Waals surface area contributed by atoms with Gasteiger partial charge in [-0.3, -0.25) is 9.69 Å². The number of benzene rings is 3. The van der Waals surface area contributed by atoms with Gasteiger partial charge in [0.2, 0.25) is 5.78 Å². The summed E-state index contributed by atoms with van der Waals surface area (Å²) >= 11 is 6.02. The number of hydrogen-bond acceptors (Lipinski definition) is 5. The lowest BCUT2D eigenvalue weighted by molar-refractivity contribution is 0.0876. The van der Waals surface area contributed by atoms with Gasteiger partial charge in [-0.25, -0.2) is 0 Å². The van der Waals surface area contributed by atoms with Crippen molar-refractivity contribution in [3.8, 4) is 17.2 Å². The molecule has 0 atom stereocenters. The number of rotatable bonds is 4. The van der Waals surface area contributed by atoms with Crippen molar-refractivity contribution in [2.45, 2.75) is 20.0 Å². The van der Waals surface area contributed by atoms with Crippen molar-refractivity contribution < 1.29 is 19.0 Å². The van der Waals surface area contributed by atoms with Crippen LogP contribution in [-0.4, -0.2) is 29.1 Å². The molecule has 0 bridgehead atoms. The van der Waals surface area contributed by atoms with E-state index >= 15 is 0 Å². The molecule has 0 radical (unpaired) electrons. The van der Waals surface area contributed by atoms with E-state index in [1.54, 1.807) is 7.11 Å². The van der Waals surface area contributed by atoms with Crippen LogP contribution in [0.5, 0.6) is 17.2 Å². The Bertz CT molecular complexity index is 1550. The number of methoxy groups -OCH3 is 1. The minimum atomic E-state index is -0.120. The number of ether oxygens (including phenoxy) is 3. The lowest BCUT2D eigenvalue weighted by Gasteiger charge is -2.30. The normalized spacial score (nSPS) is 16.1. The zero-order valence-electron chi connectivity index (χ0n) is 20.3. The van der Waals surface area contributed by atoms with Gasteiger partial charge in [0, 0.05) is 58.9 Å². The number of Topliss-reactive ketones (excluding diaryl/α,β-unsaturated/α-hetero) is 1. The van der Waals surface area contributed by atoms with E-state index in [9.17, 15) is 4.79 Å². The summed E-state index contributed by atoms with van der Waals surface area (Å²) in [4.78, 5) is 15.6. The fourth-order valence-corrected chi connectivity index (χ4v) is 5.16. The molecule has 0 unspecified atom stereocenters. The molecule has 0 N–H and O–H groups in total. The number of aryl methyl sites for hydroxylation is 1. The number of aromatic nitrogens is 1. The predicted molar refractivity (Wildman–Crippen MR) is 140 cm³/mol. The van der Waals surface area contributed by atoms with Gasteiger partial charge < -0.3 is 18.8 Å². The summed E-state index contributed by atoms with van der Waals surface area (Å²) in [5.74, 6) is 2.33. The molecule has 0 aliphatic carbocycles. The quantitative estimate of drug-likeness (QED) is 0.316. The Morgan fingerprint density at radius 2 is 1.92 bits per heavy atom. The highest BCUT2D eigenvalue weighted by molar-refractivity contribution is 6.30. The van der Waals surface area contributed by atoms with Gasteiger partial charge in [-0.05, 0) is 55.0 Å². The zero-order valence-corrected chi connectivity index (χ0v) is 21.1. The molecule has 2 aliphatic heterocycles. The fraction of sp³-hybridized carbons (Fsp3) is 0.207. The lowest BCUT2D eigenvalue weighted by atomic mass is 9.99.